The van der Waals surface area contributed by atoms with Crippen LogP contribution >= 0.6 is 45.9 Å². The first-order valence-corrected chi connectivity index (χ1v) is 11.5. The van der Waals surface area contributed by atoms with Crippen LogP contribution in [-0.4, -0.2) is 10.9 Å². The monoisotopic (exact) mass is 468 g/mol. The molecule has 7 heteroatoms. The SMILES string of the molecule is Cc1c(NC(=O)c2sc3cc(Cl)ccc3c2Cl)cccc1-c1nc2ccccc2s1. The van der Waals surface area contributed by atoms with Crippen LogP contribution in [0.15, 0.2) is 60.7 Å². The standard InChI is InChI=1S/C23H14Cl2N2OS2/c1-12-14(23-27-17-6-2-3-8-18(17)30-23)5-4-7-16(12)26-22(28)21-20(25)15-10-9-13(24)11-19(15)29-21/h2-11H,1H3,(H,26,28). The summed E-state index contributed by atoms with van der Waals surface area (Å²) in [5.41, 5.74) is 3.68. The van der Waals surface area contributed by atoms with Gasteiger partial charge in [-0.2, -0.15) is 0 Å². The number of carbonyl (C=O) groups is 1. The van der Waals surface area contributed by atoms with Crippen LogP contribution in [0.25, 0.3) is 30.9 Å². The minimum atomic E-state index is -0.234. The highest BCUT2D eigenvalue weighted by molar-refractivity contribution is 7.22. The van der Waals surface area contributed by atoms with Gasteiger partial charge in [0, 0.05) is 26.4 Å². The minimum Gasteiger partial charge on any atom is -0.321 e. The summed E-state index contributed by atoms with van der Waals surface area (Å²) in [5.74, 6) is -0.234. The van der Waals surface area contributed by atoms with Gasteiger partial charge in [0.05, 0.1) is 15.2 Å². The quantitative estimate of drug-likeness (QED) is 0.291. The molecule has 5 aromatic rings. The number of thiophene rings is 1. The lowest BCUT2D eigenvalue weighted by Gasteiger charge is -2.11. The highest BCUT2D eigenvalue weighted by atomic mass is 35.5. The highest BCUT2D eigenvalue weighted by Crippen LogP contribution is 2.38. The van der Waals surface area contributed by atoms with Gasteiger partial charge in [0.25, 0.3) is 5.91 Å². The molecule has 0 aliphatic rings. The summed E-state index contributed by atoms with van der Waals surface area (Å²) in [6.45, 7) is 1.99. The van der Waals surface area contributed by atoms with Gasteiger partial charge >= 0.3 is 0 Å². The van der Waals surface area contributed by atoms with Gasteiger partial charge in [-0.15, -0.1) is 22.7 Å². The Morgan fingerprint density at radius 1 is 0.967 bits per heavy atom. The lowest BCUT2D eigenvalue weighted by atomic mass is 10.1. The molecule has 0 saturated heterocycles. The summed E-state index contributed by atoms with van der Waals surface area (Å²) in [5, 5.41) is 5.84. The van der Waals surface area contributed by atoms with E-state index in [-0.39, 0.29) is 5.91 Å². The van der Waals surface area contributed by atoms with E-state index in [1.54, 1.807) is 17.4 Å². The molecule has 0 saturated carbocycles. The topological polar surface area (TPSA) is 42.0 Å². The molecule has 1 N–H and O–H groups in total. The van der Waals surface area contributed by atoms with Crippen LogP contribution in [0.3, 0.4) is 0 Å². The lowest BCUT2D eigenvalue weighted by Crippen LogP contribution is -2.11. The number of thiazole rings is 1. The van der Waals surface area contributed by atoms with E-state index in [4.69, 9.17) is 28.2 Å². The molecule has 2 aromatic heterocycles. The second-order valence-electron chi connectivity index (χ2n) is 6.80. The molecular weight excluding hydrogens is 455 g/mol. The Balaban J connectivity index is 1.50. The minimum absolute atomic E-state index is 0.234. The first-order valence-electron chi connectivity index (χ1n) is 9.16. The third-order valence-electron chi connectivity index (χ3n) is 4.90. The van der Waals surface area contributed by atoms with Gasteiger partial charge in [-0.05, 0) is 42.8 Å². The van der Waals surface area contributed by atoms with Crippen LogP contribution in [0, 0.1) is 6.92 Å². The predicted octanol–water partition coefficient (Wildman–Crippen LogP) is 8.05. The number of amides is 1. The summed E-state index contributed by atoms with van der Waals surface area (Å²) in [6, 6.07) is 19.3. The van der Waals surface area contributed by atoms with Crippen molar-refractivity contribution in [3.63, 3.8) is 0 Å². The van der Waals surface area contributed by atoms with Crippen LogP contribution in [0.2, 0.25) is 10.0 Å². The number of hydrogen-bond acceptors (Lipinski definition) is 4. The summed E-state index contributed by atoms with van der Waals surface area (Å²) >= 11 is 15.5. The third-order valence-corrected chi connectivity index (χ3v) is 7.86. The van der Waals surface area contributed by atoms with Crippen LogP contribution in [0.1, 0.15) is 15.2 Å². The Hall–Kier alpha value is -2.44. The van der Waals surface area contributed by atoms with Crippen LogP contribution in [0.5, 0.6) is 0 Å². The Morgan fingerprint density at radius 3 is 2.63 bits per heavy atom. The first kappa shape index (κ1) is 19.5. The molecule has 30 heavy (non-hydrogen) atoms. The molecule has 0 bridgehead atoms. The highest BCUT2D eigenvalue weighted by Gasteiger charge is 2.19. The number of rotatable bonds is 3. The molecule has 148 valence electrons. The molecule has 1 amide bonds. The Bertz CT molecular complexity index is 1410. The fourth-order valence-electron chi connectivity index (χ4n) is 3.35. The van der Waals surface area contributed by atoms with Gasteiger partial charge in [0.1, 0.15) is 9.88 Å². The molecule has 3 aromatic carbocycles. The number of fused-ring (bicyclic) bond motifs is 2. The maximum Gasteiger partial charge on any atom is 0.267 e. The lowest BCUT2D eigenvalue weighted by molar-refractivity contribution is 0.103. The van der Waals surface area contributed by atoms with Crippen molar-refractivity contribution < 1.29 is 4.79 Å². The van der Waals surface area contributed by atoms with E-state index < -0.39 is 0 Å². The van der Waals surface area contributed by atoms with Crippen molar-refractivity contribution in [3.05, 3.63) is 81.1 Å². The van der Waals surface area contributed by atoms with Gasteiger partial charge in [-0.1, -0.05) is 53.5 Å². The average Bonchev–Trinajstić information content (AvgIpc) is 3.30. The van der Waals surface area contributed by atoms with E-state index >= 15 is 0 Å². The van der Waals surface area contributed by atoms with Crippen molar-refractivity contribution in [2.75, 3.05) is 5.32 Å². The predicted molar refractivity (Wildman–Crippen MR) is 130 cm³/mol. The number of halogens is 2. The van der Waals surface area contributed by atoms with Crippen molar-refractivity contribution in [2.24, 2.45) is 0 Å². The summed E-state index contributed by atoms with van der Waals surface area (Å²) in [7, 11) is 0. The second kappa shape index (κ2) is 7.67. The number of aromatic nitrogens is 1. The van der Waals surface area contributed by atoms with Crippen LogP contribution in [-0.2, 0) is 0 Å². The van der Waals surface area contributed by atoms with Crippen molar-refractivity contribution in [3.8, 4) is 10.6 Å². The molecule has 0 unspecified atom stereocenters. The van der Waals surface area contributed by atoms with E-state index in [1.807, 2.05) is 55.5 Å². The number of benzene rings is 3. The van der Waals surface area contributed by atoms with E-state index in [1.165, 1.54) is 11.3 Å². The number of para-hydroxylation sites is 1. The number of nitrogens with one attached hydrogen (secondary N) is 1. The van der Waals surface area contributed by atoms with Crippen molar-refractivity contribution in [1.82, 2.24) is 4.98 Å². The summed E-state index contributed by atoms with van der Waals surface area (Å²) < 4.78 is 2.02. The van der Waals surface area contributed by atoms with Gasteiger partial charge in [0.2, 0.25) is 0 Å². The molecule has 3 nitrogen and oxygen atoms in total. The zero-order chi connectivity index (χ0) is 20.8. The normalized spacial score (nSPS) is 11.3. The number of nitrogens with zero attached hydrogens (tertiary/aromatic N) is 1. The fraction of sp³-hybridized carbons (Fsp3) is 0.0435. The van der Waals surface area contributed by atoms with E-state index in [9.17, 15) is 4.79 Å². The van der Waals surface area contributed by atoms with Crippen molar-refractivity contribution in [2.45, 2.75) is 6.92 Å². The third kappa shape index (κ3) is 3.38. The Morgan fingerprint density at radius 2 is 1.80 bits per heavy atom. The summed E-state index contributed by atoms with van der Waals surface area (Å²) in [6.07, 6.45) is 0. The van der Waals surface area contributed by atoms with Crippen LogP contribution in [0.4, 0.5) is 5.69 Å². The average molecular weight is 469 g/mol. The molecule has 0 radical (unpaired) electrons. The second-order valence-corrected chi connectivity index (χ2v) is 9.70. The molecular formula is C23H14Cl2N2OS2. The molecule has 0 aliphatic heterocycles. The molecule has 0 aliphatic carbocycles. The van der Waals surface area contributed by atoms with Crippen molar-refractivity contribution >= 4 is 77.8 Å². The zero-order valence-corrected chi connectivity index (χ0v) is 18.8. The Kier molecular flexibility index (Phi) is 4.99. The maximum absolute atomic E-state index is 13.0. The Labute approximate surface area is 190 Å². The van der Waals surface area contributed by atoms with E-state index in [0.717, 1.165) is 42.1 Å². The number of hydrogen-bond donors (Lipinski definition) is 1. The van der Waals surface area contributed by atoms with E-state index in [0.29, 0.717) is 14.9 Å². The van der Waals surface area contributed by atoms with Gasteiger partial charge in [0.15, 0.2) is 0 Å². The smallest absolute Gasteiger partial charge is 0.267 e. The van der Waals surface area contributed by atoms with Gasteiger partial charge in [-0.25, -0.2) is 4.98 Å². The molecule has 2 heterocycles. The van der Waals surface area contributed by atoms with Crippen LogP contribution < -0.4 is 5.32 Å². The van der Waals surface area contributed by atoms with Gasteiger partial charge in [-0.3, -0.25) is 4.79 Å². The number of carbonyl (C=O) groups excluding carboxylic acids is 1. The number of anilines is 1. The zero-order valence-electron chi connectivity index (χ0n) is 15.7. The van der Waals surface area contributed by atoms with E-state index in [2.05, 4.69) is 11.4 Å². The van der Waals surface area contributed by atoms with Crippen molar-refractivity contribution in [1.29, 1.82) is 0 Å². The summed E-state index contributed by atoms with van der Waals surface area (Å²) in [4.78, 5) is 18.2. The fourth-order valence-corrected chi connectivity index (χ4v) is 6.09. The maximum atomic E-state index is 13.0. The molecule has 0 atom stereocenters. The van der Waals surface area contributed by atoms with Gasteiger partial charge < -0.3 is 5.32 Å². The largest absolute Gasteiger partial charge is 0.321 e. The molecule has 0 spiro atoms. The molecule has 5 rings (SSSR count). The molecule has 0 fully saturated rings. The first-order chi connectivity index (χ1) is 14.5.